The number of fused-ring (bicyclic) bond motifs is 2. The van der Waals surface area contributed by atoms with E-state index in [0.717, 1.165) is 49.0 Å². The highest BCUT2D eigenvalue weighted by Crippen LogP contribution is 2.38. The molecule has 0 unspecified atom stereocenters. The van der Waals surface area contributed by atoms with E-state index in [1.807, 2.05) is 74.5 Å². The SMILES string of the molecule is Cc1cc(-c2cccc(Cl)c2-c2ccc3c(=O)n(-c4cncc5ccccc45)c(=O)[nH]c3c2)cc(C)n1. The maximum atomic E-state index is 13.6. The summed E-state index contributed by atoms with van der Waals surface area (Å²) < 4.78 is 1.14. The minimum atomic E-state index is -0.535. The molecule has 0 amide bonds. The second kappa shape index (κ2) is 8.84. The molecule has 0 aliphatic carbocycles. The zero-order valence-electron chi connectivity index (χ0n) is 20.1. The van der Waals surface area contributed by atoms with Crippen molar-refractivity contribution in [1.29, 1.82) is 0 Å². The molecule has 0 spiro atoms. The van der Waals surface area contributed by atoms with Crippen LogP contribution in [0.5, 0.6) is 0 Å². The summed E-state index contributed by atoms with van der Waals surface area (Å²) in [7, 11) is 0. The van der Waals surface area contributed by atoms with Crippen LogP contribution in [0.2, 0.25) is 5.02 Å². The quantitative estimate of drug-likeness (QED) is 0.310. The third-order valence-electron chi connectivity index (χ3n) is 6.48. The van der Waals surface area contributed by atoms with Gasteiger partial charge in [0, 0.05) is 38.9 Å². The van der Waals surface area contributed by atoms with Crippen molar-refractivity contribution < 1.29 is 0 Å². The van der Waals surface area contributed by atoms with Crippen molar-refractivity contribution in [3.05, 3.63) is 122 Å². The van der Waals surface area contributed by atoms with Crippen molar-refractivity contribution in [3.63, 3.8) is 0 Å². The smallest absolute Gasteiger partial charge is 0.306 e. The van der Waals surface area contributed by atoms with Crippen LogP contribution in [0.25, 0.3) is 49.6 Å². The molecule has 0 saturated carbocycles. The third kappa shape index (κ3) is 3.92. The zero-order chi connectivity index (χ0) is 25.7. The van der Waals surface area contributed by atoms with E-state index in [0.29, 0.717) is 21.6 Å². The number of nitrogens with one attached hydrogen (secondary N) is 1. The highest BCUT2D eigenvalue weighted by molar-refractivity contribution is 6.34. The first kappa shape index (κ1) is 22.9. The maximum absolute atomic E-state index is 13.6. The van der Waals surface area contributed by atoms with Crippen molar-refractivity contribution in [1.82, 2.24) is 19.5 Å². The van der Waals surface area contributed by atoms with Gasteiger partial charge < -0.3 is 4.98 Å². The first-order valence-corrected chi connectivity index (χ1v) is 12.2. The summed E-state index contributed by atoms with van der Waals surface area (Å²) in [6.07, 6.45) is 3.24. The molecular formula is C30H21ClN4O2. The topological polar surface area (TPSA) is 80.6 Å². The highest BCUT2D eigenvalue weighted by atomic mass is 35.5. The van der Waals surface area contributed by atoms with Crippen LogP contribution in [0, 0.1) is 13.8 Å². The van der Waals surface area contributed by atoms with E-state index in [4.69, 9.17) is 11.6 Å². The molecule has 6 nitrogen and oxygen atoms in total. The summed E-state index contributed by atoms with van der Waals surface area (Å²) in [4.78, 5) is 38.4. The summed E-state index contributed by atoms with van der Waals surface area (Å²) in [5.74, 6) is 0. The molecule has 0 radical (unpaired) electrons. The van der Waals surface area contributed by atoms with Crippen molar-refractivity contribution in [3.8, 4) is 27.9 Å². The molecular weight excluding hydrogens is 484 g/mol. The van der Waals surface area contributed by atoms with Crippen LogP contribution in [0.1, 0.15) is 11.4 Å². The third-order valence-corrected chi connectivity index (χ3v) is 6.80. The van der Waals surface area contributed by atoms with Gasteiger partial charge in [-0.25, -0.2) is 9.36 Å². The second-order valence-corrected chi connectivity index (χ2v) is 9.42. The largest absolute Gasteiger partial charge is 0.333 e. The molecule has 37 heavy (non-hydrogen) atoms. The van der Waals surface area contributed by atoms with Crippen LogP contribution in [0.15, 0.2) is 94.8 Å². The van der Waals surface area contributed by atoms with Crippen LogP contribution in [-0.4, -0.2) is 19.5 Å². The van der Waals surface area contributed by atoms with Crippen molar-refractivity contribution in [2.24, 2.45) is 0 Å². The van der Waals surface area contributed by atoms with Gasteiger partial charge in [0.15, 0.2) is 0 Å². The van der Waals surface area contributed by atoms with Gasteiger partial charge in [0.1, 0.15) is 0 Å². The number of H-pyrrole nitrogens is 1. The van der Waals surface area contributed by atoms with Crippen molar-refractivity contribution in [2.45, 2.75) is 13.8 Å². The molecule has 6 rings (SSSR count). The van der Waals surface area contributed by atoms with Gasteiger partial charge in [-0.3, -0.25) is 14.8 Å². The molecule has 0 fully saturated rings. The summed E-state index contributed by atoms with van der Waals surface area (Å²) in [6, 6.07) is 22.7. The summed E-state index contributed by atoms with van der Waals surface area (Å²) >= 11 is 6.71. The summed E-state index contributed by atoms with van der Waals surface area (Å²) in [5.41, 5.74) is 5.29. The monoisotopic (exact) mass is 504 g/mol. The fourth-order valence-electron chi connectivity index (χ4n) is 4.92. The van der Waals surface area contributed by atoms with Crippen LogP contribution in [0.4, 0.5) is 0 Å². The van der Waals surface area contributed by atoms with Gasteiger partial charge >= 0.3 is 5.69 Å². The first-order chi connectivity index (χ1) is 17.9. The summed E-state index contributed by atoms with van der Waals surface area (Å²) in [5, 5.41) is 2.57. The van der Waals surface area contributed by atoms with E-state index in [2.05, 4.69) is 15.0 Å². The van der Waals surface area contributed by atoms with E-state index in [-0.39, 0.29) is 0 Å². The number of benzene rings is 3. The van der Waals surface area contributed by atoms with Gasteiger partial charge in [-0.15, -0.1) is 0 Å². The lowest BCUT2D eigenvalue weighted by Gasteiger charge is -2.14. The molecule has 180 valence electrons. The van der Waals surface area contributed by atoms with Gasteiger partial charge in [-0.05, 0) is 60.9 Å². The Morgan fingerprint density at radius 1 is 0.811 bits per heavy atom. The Kier molecular flexibility index (Phi) is 5.46. The van der Waals surface area contributed by atoms with Crippen LogP contribution in [0.3, 0.4) is 0 Å². The van der Waals surface area contributed by atoms with E-state index in [1.54, 1.807) is 18.3 Å². The van der Waals surface area contributed by atoms with Gasteiger partial charge in [0.25, 0.3) is 5.56 Å². The van der Waals surface area contributed by atoms with Crippen LogP contribution in [-0.2, 0) is 0 Å². The van der Waals surface area contributed by atoms with Crippen LogP contribution >= 0.6 is 11.6 Å². The average Bonchev–Trinajstić information content (AvgIpc) is 2.88. The normalized spacial score (nSPS) is 11.3. The lowest BCUT2D eigenvalue weighted by molar-refractivity contribution is 0.902. The lowest BCUT2D eigenvalue weighted by Crippen LogP contribution is -2.33. The van der Waals surface area contributed by atoms with Gasteiger partial charge in [-0.1, -0.05) is 54.1 Å². The van der Waals surface area contributed by atoms with E-state index in [9.17, 15) is 9.59 Å². The molecule has 0 aliphatic rings. The van der Waals surface area contributed by atoms with E-state index < -0.39 is 11.2 Å². The molecule has 0 bridgehead atoms. The fourth-order valence-corrected chi connectivity index (χ4v) is 5.20. The molecule has 3 aromatic heterocycles. The maximum Gasteiger partial charge on any atom is 0.333 e. The number of pyridine rings is 2. The lowest BCUT2D eigenvalue weighted by atomic mass is 9.93. The standard InChI is InChI=1S/C30H21ClN4O2/c1-17-12-21(13-18(2)33-17)23-8-5-9-25(31)28(23)19-10-11-24-26(14-19)34-30(37)35(29(24)36)27-16-32-15-20-6-3-4-7-22(20)27/h3-16H,1-2H3,(H,34,37). The Labute approximate surface area is 216 Å². The number of rotatable bonds is 3. The predicted molar refractivity (Wildman–Crippen MR) is 149 cm³/mol. The molecule has 0 atom stereocenters. The van der Waals surface area contributed by atoms with Gasteiger partial charge in [0.05, 0.1) is 22.8 Å². The number of aromatic amines is 1. The molecule has 3 heterocycles. The number of aromatic nitrogens is 4. The summed E-state index contributed by atoms with van der Waals surface area (Å²) in [6.45, 7) is 3.91. The van der Waals surface area contributed by atoms with Crippen LogP contribution < -0.4 is 11.2 Å². The number of nitrogens with zero attached hydrogens (tertiary/aromatic N) is 3. The second-order valence-electron chi connectivity index (χ2n) is 9.01. The molecule has 1 N–H and O–H groups in total. The Bertz CT molecular complexity index is 1950. The number of halogens is 1. The van der Waals surface area contributed by atoms with Gasteiger partial charge in [0.2, 0.25) is 0 Å². The Hall–Kier alpha value is -4.55. The molecule has 3 aromatic carbocycles. The molecule has 6 aromatic rings. The number of hydrogen-bond donors (Lipinski definition) is 1. The number of aryl methyl sites for hydroxylation is 2. The Morgan fingerprint density at radius 3 is 2.41 bits per heavy atom. The minimum Gasteiger partial charge on any atom is -0.306 e. The van der Waals surface area contributed by atoms with Crippen molar-refractivity contribution >= 4 is 33.3 Å². The van der Waals surface area contributed by atoms with Gasteiger partial charge in [-0.2, -0.15) is 0 Å². The fraction of sp³-hybridized carbons (Fsp3) is 0.0667. The number of hydrogen-bond acceptors (Lipinski definition) is 4. The van der Waals surface area contributed by atoms with E-state index in [1.165, 1.54) is 6.20 Å². The molecule has 7 heteroatoms. The predicted octanol–water partition coefficient (Wildman–Crippen LogP) is 6.23. The van der Waals surface area contributed by atoms with Crippen molar-refractivity contribution in [2.75, 3.05) is 0 Å². The Morgan fingerprint density at radius 2 is 1.59 bits per heavy atom. The molecule has 0 saturated heterocycles. The van der Waals surface area contributed by atoms with E-state index >= 15 is 0 Å². The minimum absolute atomic E-state index is 0.389. The average molecular weight is 505 g/mol. The first-order valence-electron chi connectivity index (χ1n) is 11.8. The zero-order valence-corrected chi connectivity index (χ0v) is 20.9. The highest BCUT2D eigenvalue weighted by Gasteiger charge is 2.16. The molecule has 0 aliphatic heterocycles. The Balaban J connectivity index is 1.57.